The Labute approximate surface area is 129 Å². The molecule has 0 saturated carbocycles. The second-order valence-corrected chi connectivity index (χ2v) is 5.67. The summed E-state index contributed by atoms with van der Waals surface area (Å²) in [6.45, 7) is 5.26. The van der Waals surface area contributed by atoms with Crippen LogP contribution in [0.2, 0.25) is 5.02 Å². The fourth-order valence-electron chi connectivity index (χ4n) is 1.79. The Bertz CT molecular complexity index is 504. The van der Waals surface area contributed by atoms with Gasteiger partial charge in [0, 0.05) is 0 Å². The molecule has 21 heavy (non-hydrogen) atoms. The van der Waals surface area contributed by atoms with Gasteiger partial charge in [-0.2, -0.15) is 0 Å². The number of carbonyl (C=O) groups excluding carboxylic acids is 1. The van der Waals surface area contributed by atoms with E-state index in [1.54, 1.807) is 0 Å². The van der Waals surface area contributed by atoms with E-state index in [2.05, 4.69) is 24.5 Å². The van der Waals surface area contributed by atoms with Crippen LogP contribution in [0.3, 0.4) is 0 Å². The van der Waals surface area contributed by atoms with E-state index < -0.39 is 5.97 Å². The molecule has 1 amide bonds. The maximum Gasteiger partial charge on any atom is 0.335 e. The van der Waals surface area contributed by atoms with Crippen LogP contribution in [0.1, 0.15) is 37.0 Å². The highest BCUT2D eigenvalue weighted by Gasteiger charge is 2.09. The van der Waals surface area contributed by atoms with Crippen molar-refractivity contribution in [2.24, 2.45) is 5.92 Å². The lowest BCUT2D eigenvalue weighted by molar-refractivity contribution is -0.115. The summed E-state index contributed by atoms with van der Waals surface area (Å²) in [5.41, 5.74) is 0.394. The minimum atomic E-state index is -1.06. The number of halogens is 1. The Kier molecular flexibility index (Phi) is 7.19. The third-order valence-corrected chi connectivity index (χ3v) is 3.24. The van der Waals surface area contributed by atoms with Crippen LogP contribution >= 0.6 is 11.6 Å². The Morgan fingerprint density at radius 2 is 2.05 bits per heavy atom. The molecule has 0 unspecified atom stereocenters. The van der Waals surface area contributed by atoms with Crippen LogP contribution in [0.15, 0.2) is 18.2 Å². The Morgan fingerprint density at radius 1 is 1.33 bits per heavy atom. The van der Waals surface area contributed by atoms with Crippen molar-refractivity contribution < 1.29 is 14.7 Å². The Hall–Kier alpha value is -1.59. The zero-order chi connectivity index (χ0) is 15.8. The van der Waals surface area contributed by atoms with Gasteiger partial charge < -0.3 is 15.7 Å². The van der Waals surface area contributed by atoms with Crippen molar-refractivity contribution in [1.29, 1.82) is 0 Å². The number of aromatic carboxylic acids is 1. The van der Waals surface area contributed by atoms with Crippen molar-refractivity contribution in [2.75, 3.05) is 18.4 Å². The van der Waals surface area contributed by atoms with Crippen molar-refractivity contribution in [3.8, 4) is 0 Å². The second-order valence-electron chi connectivity index (χ2n) is 5.26. The number of carboxylic acids is 1. The summed E-state index contributed by atoms with van der Waals surface area (Å²) in [6, 6.07) is 4.20. The number of carboxylic acid groups (broad SMARTS) is 1. The summed E-state index contributed by atoms with van der Waals surface area (Å²) in [5, 5.41) is 14.9. The molecule has 0 radical (unpaired) electrons. The summed E-state index contributed by atoms with van der Waals surface area (Å²) in [7, 11) is 0. The first-order valence-electron chi connectivity index (χ1n) is 6.93. The van der Waals surface area contributed by atoms with E-state index in [4.69, 9.17) is 16.7 Å². The molecule has 0 heterocycles. The van der Waals surface area contributed by atoms with Crippen LogP contribution < -0.4 is 10.6 Å². The number of rotatable bonds is 8. The molecule has 3 N–H and O–H groups in total. The van der Waals surface area contributed by atoms with Crippen LogP contribution in [-0.2, 0) is 4.79 Å². The molecule has 116 valence electrons. The van der Waals surface area contributed by atoms with Gasteiger partial charge >= 0.3 is 5.97 Å². The summed E-state index contributed by atoms with van der Waals surface area (Å²) >= 11 is 5.94. The Morgan fingerprint density at radius 3 is 2.67 bits per heavy atom. The average Bonchev–Trinajstić information content (AvgIpc) is 2.40. The second kappa shape index (κ2) is 8.64. The molecule has 0 saturated heterocycles. The first kappa shape index (κ1) is 17.5. The van der Waals surface area contributed by atoms with Gasteiger partial charge in [-0.05, 0) is 43.5 Å². The minimum Gasteiger partial charge on any atom is -0.478 e. The highest BCUT2D eigenvalue weighted by molar-refractivity contribution is 6.33. The lowest BCUT2D eigenvalue weighted by Crippen LogP contribution is -2.29. The maximum atomic E-state index is 11.8. The number of hydrogen-bond acceptors (Lipinski definition) is 3. The molecule has 6 heteroatoms. The normalized spacial score (nSPS) is 10.7. The van der Waals surface area contributed by atoms with Gasteiger partial charge in [0.1, 0.15) is 0 Å². The average molecular weight is 313 g/mol. The number of nitrogens with one attached hydrogen (secondary N) is 2. The number of amides is 1. The van der Waals surface area contributed by atoms with Gasteiger partial charge in [0.2, 0.25) is 5.91 Å². The number of hydrogen-bond donors (Lipinski definition) is 3. The van der Waals surface area contributed by atoms with E-state index in [0.717, 1.165) is 19.4 Å². The van der Waals surface area contributed by atoms with E-state index in [1.807, 2.05) is 0 Å². The lowest BCUT2D eigenvalue weighted by Gasteiger charge is -2.09. The van der Waals surface area contributed by atoms with Gasteiger partial charge in [0.05, 0.1) is 22.8 Å². The van der Waals surface area contributed by atoms with E-state index in [0.29, 0.717) is 16.6 Å². The van der Waals surface area contributed by atoms with Crippen LogP contribution in [0, 0.1) is 5.92 Å². The van der Waals surface area contributed by atoms with Crippen molar-refractivity contribution in [2.45, 2.75) is 26.7 Å². The first-order valence-corrected chi connectivity index (χ1v) is 7.31. The third kappa shape index (κ3) is 6.60. The van der Waals surface area contributed by atoms with Crippen LogP contribution in [-0.4, -0.2) is 30.1 Å². The summed E-state index contributed by atoms with van der Waals surface area (Å²) in [5.74, 6) is -0.656. The molecule has 0 spiro atoms. The van der Waals surface area contributed by atoms with Gasteiger partial charge in [-0.15, -0.1) is 0 Å². The van der Waals surface area contributed by atoms with Crippen molar-refractivity contribution >= 4 is 29.2 Å². The summed E-state index contributed by atoms with van der Waals surface area (Å²) in [4.78, 5) is 22.6. The van der Waals surface area contributed by atoms with Crippen LogP contribution in [0.5, 0.6) is 0 Å². The monoisotopic (exact) mass is 312 g/mol. The predicted molar refractivity (Wildman–Crippen MR) is 84.0 cm³/mol. The molecule has 0 aliphatic rings. The molecule has 0 aromatic heterocycles. The number of carbonyl (C=O) groups is 2. The zero-order valence-corrected chi connectivity index (χ0v) is 13.0. The zero-order valence-electron chi connectivity index (χ0n) is 12.3. The molecule has 0 fully saturated rings. The van der Waals surface area contributed by atoms with E-state index >= 15 is 0 Å². The van der Waals surface area contributed by atoms with Gasteiger partial charge in [0.15, 0.2) is 0 Å². The van der Waals surface area contributed by atoms with E-state index in [-0.39, 0.29) is 18.0 Å². The van der Waals surface area contributed by atoms with Crippen LogP contribution in [0.4, 0.5) is 5.69 Å². The molecule has 1 aromatic carbocycles. The van der Waals surface area contributed by atoms with E-state index in [1.165, 1.54) is 18.2 Å². The molecule has 0 atom stereocenters. The fourth-order valence-corrected chi connectivity index (χ4v) is 1.95. The molecule has 1 rings (SSSR count). The largest absolute Gasteiger partial charge is 0.478 e. The maximum absolute atomic E-state index is 11.8. The van der Waals surface area contributed by atoms with Gasteiger partial charge in [-0.25, -0.2) is 4.79 Å². The third-order valence-electron chi connectivity index (χ3n) is 2.91. The number of anilines is 1. The predicted octanol–water partition coefficient (Wildman–Crippen LogP) is 3.00. The summed E-state index contributed by atoms with van der Waals surface area (Å²) in [6.07, 6.45) is 2.13. The number of benzene rings is 1. The molecule has 0 aliphatic heterocycles. The molecule has 1 aromatic rings. The SMILES string of the molecule is CC(C)CCCNCC(=O)Nc1cc(C(=O)O)ccc1Cl. The quantitative estimate of drug-likeness (QED) is 0.645. The van der Waals surface area contributed by atoms with E-state index in [9.17, 15) is 9.59 Å². The summed E-state index contributed by atoms with van der Waals surface area (Å²) < 4.78 is 0. The van der Waals surface area contributed by atoms with Crippen molar-refractivity contribution in [3.63, 3.8) is 0 Å². The lowest BCUT2D eigenvalue weighted by atomic mass is 10.1. The minimum absolute atomic E-state index is 0.0830. The molecular weight excluding hydrogens is 292 g/mol. The fraction of sp³-hybridized carbons (Fsp3) is 0.467. The first-order chi connectivity index (χ1) is 9.90. The molecule has 0 bridgehead atoms. The Balaban J connectivity index is 2.44. The van der Waals surface area contributed by atoms with Gasteiger partial charge in [0.25, 0.3) is 0 Å². The topological polar surface area (TPSA) is 78.4 Å². The molecule has 5 nitrogen and oxygen atoms in total. The van der Waals surface area contributed by atoms with Crippen molar-refractivity contribution in [3.05, 3.63) is 28.8 Å². The van der Waals surface area contributed by atoms with Crippen molar-refractivity contribution in [1.82, 2.24) is 5.32 Å². The van der Waals surface area contributed by atoms with Gasteiger partial charge in [-0.1, -0.05) is 25.4 Å². The van der Waals surface area contributed by atoms with Crippen LogP contribution in [0.25, 0.3) is 0 Å². The molecule has 0 aliphatic carbocycles. The standard InChI is InChI=1S/C15H21ClN2O3/c1-10(2)4-3-7-17-9-14(19)18-13-8-11(15(20)21)5-6-12(13)16/h5-6,8,10,17H,3-4,7,9H2,1-2H3,(H,18,19)(H,20,21). The smallest absolute Gasteiger partial charge is 0.335 e. The van der Waals surface area contributed by atoms with Gasteiger partial charge in [-0.3, -0.25) is 4.79 Å². The molecular formula is C15H21ClN2O3. The highest BCUT2D eigenvalue weighted by atomic mass is 35.5. The highest BCUT2D eigenvalue weighted by Crippen LogP contribution is 2.22.